The molecule has 1 rings (SSSR count). The highest BCUT2D eigenvalue weighted by molar-refractivity contribution is 5.92. The number of nitrogens with one attached hydrogen (secondary N) is 4. The Morgan fingerprint density at radius 2 is 1.86 bits per heavy atom. The first-order valence-corrected chi connectivity index (χ1v) is 7.15. The predicted octanol–water partition coefficient (Wildman–Crippen LogP) is 1.61. The number of urea groups is 1. The van der Waals surface area contributed by atoms with Gasteiger partial charge in [0.25, 0.3) is 0 Å². The van der Waals surface area contributed by atoms with Crippen LogP contribution in [0.25, 0.3) is 0 Å². The zero-order chi connectivity index (χ0) is 15.7. The normalized spacial score (nSPS) is 11.6. The molecule has 0 heterocycles. The van der Waals surface area contributed by atoms with Gasteiger partial charge < -0.3 is 21.3 Å². The fourth-order valence-electron chi connectivity index (χ4n) is 1.76. The molecular weight excluding hydrogens is 268 g/mol. The van der Waals surface area contributed by atoms with Gasteiger partial charge in [0.1, 0.15) is 0 Å². The van der Waals surface area contributed by atoms with Crippen molar-refractivity contribution in [2.75, 3.05) is 25.5 Å². The first kappa shape index (κ1) is 17.0. The van der Waals surface area contributed by atoms with Gasteiger partial charge in [-0.05, 0) is 37.6 Å². The zero-order valence-electron chi connectivity index (χ0n) is 12.8. The Hall–Kier alpha value is -2.08. The lowest BCUT2D eigenvalue weighted by atomic mass is 10.1. The molecule has 21 heavy (non-hydrogen) atoms. The number of benzene rings is 1. The van der Waals surface area contributed by atoms with Crippen LogP contribution in [0, 0.1) is 0 Å². The second-order valence-electron chi connectivity index (χ2n) is 4.78. The summed E-state index contributed by atoms with van der Waals surface area (Å²) in [7, 11) is 1.52. The minimum atomic E-state index is -0.400. The Bertz CT molecular complexity index is 459. The topological polar surface area (TPSA) is 82.3 Å². The molecule has 1 unspecified atom stereocenters. The molecule has 0 saturated carbocycles. The molecule has 0 aromatic heterocycles. The van der Waals surface area contributed by atoms with Crippen molar-refractivity contribution in [2.45, 2.75) is 26.3 Å². The molecule has 0 radical (unpaired) electrons. The van der Waals surface area contributed by atoms with Crippen LogP contribution in [-0.2, 0) is 4.79 Å². The van der Waals surface area contributed by atoms with E-state index in [1.54, 1.807) is 0 Å². The fraction of sp³-hybridized carbons (Fsp3) is 0.467. The maximum atomic E-state index is 11.6. The number of rotatable bonds is 7. The van der Waals surface area contributed by atoms with Crippen LogP contribution in [0.15, 0.2) is 24.3 Å². The molecular formula is C15H24N4O2. The summed E-state index contributed by atoms with van der Waals surface area (Å²) in [5.74, 6) is -0.240. The number of anilines is 1. The van der Waals surface area contributed by atoms with Gasteiger partial charge in [-0.3, -0.25) is 4.79 Å². The maximum Gasteiger partial charge on any atom is 0.319 e. The number of carbonyl (C=O) groups excluding carboxylic acids is 2. The second kappa shape index (κ2) is 8.97. The van der Waals surface area contributed by atoms with Gasteiger partial charge in [-0.1, -0.05) is 19.1 Å². The van der Waals surface area contributed by atoms with E-state index in [-0.39, 0.29) is 18.5 Å². The van der Waals surface area contributed by atoms with Crippen LogP contribution in [0.1, 0.15) is 31.9 Å². The summed E-state index contributed by atoms with van der Waals surface area (Å²) in [6.07, 6.45) is 1.09. The summed E-state index contributed by atoms with van der Waals surface area (Å²) < 4.78 is 0. The molecule has 6 nitrogen and oxygen atoms in total. The minimum absolute atomic E-state index is 0.0433. The van der Waals surface area contributed by atoms with Gasteiger partial charge in [-0.2, -0.15) is 0 Å². The average Bonchev–Trinajstić information content (AvgIpc) is 2.50. The van der Waals surface area contributed by atoms with Crippen LogP contribution in [0.3, 0.4) is 0 Å². The van der Waals surface area contributed by atoms with Gasteiger partial charge in [-0.15, -0.1) is 0 Å². The Morgan fingerprint density at radius 1 is 1.19 bits per heavy atom. The van der Waals surface area contributed by atoms with E-state index in [2.05, 4.69) is 35.1 Å². The van der Waals surface area contributed by atoms with Crippen LogP contribution < -0.4 is 21.3 Å². The van der Waals surface area contributed by atoms with Crippen molar-refractivity contribution in [1.29, 1.82) is 0 Å². The summed E-state index contributed by atoms with van der Waals surface area (Å²) >= 11 is 0. The first-order valence-electron chi connectivity index (χ1n) is 7.15. The molecule has 116 valence electrons. The lowest BCUT2D eigenvalue weighted by Gasteiger charge is -2.14. The van der Waals surface area contributed by atoms with Crippen LogP contribution in [0.4, 0.5) is 10.5 Å². The highest BCUT2D eigenvalue weighted by atomic mass is 16.2. The Kier molecular flexibility index (Phi) is 7.25. The van der Waals surface area contributed by atoms with Gasteiger partial charge in [0.2, 0.25) is 5.91 Å². The van der Waals surface area contributed by atoms with Gasteiger partial charge in [0.05, 0.1) is 6.54 Å². The number of hydrogen-bond acceptors (Lipinski definition) is 3. The zero-order valence-corrected chi connectivity index (χ0v) is 12.8. The SMILES string of the molecule is CCCNC(C)c1ccc(NC(=O)NCC(=O)NC)cc1. The second-order valence-corrected chi connectivity index (χ2v) is 4.78. The monoisotopic (exact) mass is 292 g/mol. The van der Waals surface area contributed by atoms with Crippen molar-refractivity contribution in [3.63, 3.8) is 0 Å². The summed E-state index contributed by atoms with van der Waals surface area (Å²) in [5, 5.41) is 11.0. The molecule has 0 fully saturated rings. The van der Waals surface area contributed by atoms with Crippen molar-refractivity contribution >= 4 is 17.6 Å². The average molecular weight is 292 g/mol. The quantitative estimate of drug-likeness (QED) is 0.616. The lowest BCUT2D eigenvalue weighted by molar-refractivity contribution is -0.119. The molecule has 1 aromatic carbocycles. The van der Waals surface area contributed by atoms with Crippen LogP contribution in [0.5, 0.6) is 0 Å². The van der Waals surface area contributed by atoms with Crippen molar-refractivity contribution in [3.05, 3.63) is 29.8 Å². The van der Waals surface area contributed by atoms with E-state index < -0.39 is 6.03 Å². The van der Waals surface area contributed by atoms with Crippen molar-refractivity contribution in [1.82, 2.24) is 16.0 Å². The summed E-state index contributed by atoms with van der Waals surface area (Å²) in [4.78, 5) is 22.6. The van der Waals surface area contributed by atoms with Gasteiger partial charge >= 0.3 is 6.03 Å². The van der Waals surface area contributed by atoms with Crippen molar-refractivity contribution in [3.8, 4) is 0 Å². The molecule has 0 saturated heterocycles. The Morgan fingerprint density at radius 3 is 2.43 bits per heavy atom. The number of carbonyl (C=O) groups is 2. The van der Waals surface area contributed by atoms with Gasteiger partial charge in [0, 0.05) is 18.8 Å². The van der Waals surface area contributed by atoms with E-state index in [1.807, 2.05) is 24.3 Å². The molecule has 3 amide bonds. The molecule has 0 aliphatic carbocycles. The van der Waals surface area contributed by atoms with Crippen LogP contribution >= 0.6 is 0 Å². The van der Waals surface area contributed by atoms with E-state index in [9.17, 15) is 9.59 Å². The molecule has 6 heteroatoms. The number of likely N-dealkylation sites (N-methyl/N-ethyl adjacent to an activating group) is 1. The molecule has 1 atom stereocenters. The maximum absolute atomic E-state index is 11.6. The van der Waals surface area contributed by atoms with Crippen LogP contribution in [-0.4, -0.2) is 32.1 Å². The lowest BCUT2D eigenvalue weighted by Crippen LogP contribution is -2.37. The number of hydrogen-bond donors (Lipinski definition) is 4. The van der Waals surface area contributed by atoms with E-state index >= 15 is 0 Å². The molecule has 0 bridgehead atoms. The third-order valence-corrected chi connectivity index (χ3v) is 3.06. The highest BCUT2D eigenvalue weighted by Gasteiger charge is 2.06. The fourth-order valence-corrected chi connectivity index (χ4v) is 1.76. The predicted molar refractivity (Wildman–Crippen MR) is 84.2 cm³/mol. The van der Waals surface area contributed by atoms with Crippen molar-refractivity contribution in [2.24, 2.45) is 0 Å². The molecule has 1 aromatic rings. The Balaban J connectivity index is 2.46. The van der Waals surface area contributed by atoms with E-state index in [0.29, 0.717) is 5.69 Å². The Labute approximate surface area is 125 Å². The smallest absolute Gasteiger partial charge is 0.319 e. The molecule has 0 spiro atoms. The van der Waals surface area contributed by atoms with Crippen molar-refractivity contribution < 1.29 is 9.59 Å². The van der Waals surface area contributed by atoms with Crippen LogP contribution in [0.2, 0.25) is 0 Å². The minimum Gasteiger partial charge on any atom is -0.358 e. The number of amides is 3. The molecule has 0 aliphatic heterocycles. The highest BCUT2D eigenvalue weighted by Crippen LogP contribution is 2.15. The van der Waals surface area contributed by atoms with E-state index in [1.165, 1.54) is 12.6 Å². The summed E-state index contributed by atoms with van der Waals surface area (Å²) in [5.41, 5.74) is 1.86. The summed E-state index contributed by atoms with van der Waals surface area (Å²) in [6.45, 7) is 5.17. The third kappa shape index (κ3) is 6.27. The molecule has 0 aliphatic rings. The van der Waals surface area contributed by atoms with E-state index in [4.69, 9.17) is 0 Å². The first-order chi connectivity index (χ1) is 10.1. The van der Waals surface area contributed by atoms with Gasteiger partial charge in [0.15, 0.2) is 0 Å². The largest absolute Gasteiger partial charge is 0.358 e. The standard InChI is InChI=1S/C15H24N4O2/c1-4-9-17-11(2)12-5-7-13(8-6-12)19-15(21)18-10-14(20)16-3/h5-8,11,17H,4,9-10H2,1-3H3,(H,16,20)(H2,18,19,21). The summed E-state index contributed by atoms with van der Waals surface area (Å²) in [6, 6.07) is 7.52. The van der Waals surface area contributed by atoms with E-state index in [0.717, 1.165) is 13.0 Å². The van der Waals surface area contributed by atoms with Gasteiger partial charge in [-0.25, -0.2) is 4.79 Å². The third-order valence-electron chi connectivity index (χ3n) is 3.06. The molecule has 4 N–H and O–H groups in total.